The molecule has 0 fully saturated rings. The van der Waals surface area contributed by atoms with Crippen LogP contribution in [0.25, 0.3) is 0 Å². The SMILES string of the molecule is CCC(=O)[C@@H]([BH2-]c1n(C)cc[n+]1C)[C@@H](C(=O)c1ccccc1)c1ccccc1. The van der Waals surface area contributed by atoms with Crippen LogP contribution in [0.1, 0.15) is 35.2 Å². The zero-order valence-corrected chi connectivity index (χ0v) is 17.0. The average Bonchev–Trinajstić information content (AvgIpc) is 3.05. The molecule has 0 aliphatic rings. The van der Waals surface area contributed by atoms with Crippen LogP contribution in [0.3, 0.4) is 0 Å². The molecule has 0 aliphatic carbocycles. The van der Waals surface area contributed by atoms with E-state index in [4.69, 9.17) is 0 Å². The third-order valence-electron chi connectivity index (χ3n) is 5.96. The Hall–Kier alpha value is -2.95. The van der Waals surface area contributed by atoms with Crippen molar-refractivity contribution < 1.29 is 14.2 Å². The van der Waals surface area contributed by atoms with Gasteiger partial charge < -0.3 is 4.79 Å². The average molecular weight is 374 g/mol. The van der Waals surface area contributed by atoms with E-state index in [0.29, 0.717) is 12.0 Å². The van der Waals surface area contributed by atoms with Crippen LogP contribution in [-0.4, -0.2) is 23.4 Å². The number of Topliss-reactive ketones (excluding diaryl/α,β-unsaturated/α-hetero) is 2. The minimum absolute atomic E-state index is 0.0270. The van der Waals surface area contributed by atoms with E-state index < -0.39 is 13.2 Å². The first kappa shape index (κ1) is 19.8. The Kier molecular flexibility index (Phi) is 6.25. The van der Waals surface area contributed by atoms with Crippen molar-refractivity contribution in [1.82, 2.24) is 4.57 Å². The largest absolute Gasteiger partial charge is 0.303 e. The summed E-state index contributed by atoms with van der Waals surface area (Å²) in [6.07, 6.45) is 4.44. The number of aryl methyl sites for hydroxylation is 2. The molecular weight excluding hydrogens is 347 g/mol. The number of rotatable bonds is 8. The molecule has 0 radical (unpaired) electrons. The van der Waals surface area contributed by atoms with Gasteiger partial charge in [-0.3, -0.25) is 13.9 Å². The summed E-state index contributed by atoms with van der Waals surface area (Å²) in [5.74, 6) is -0.551. The lowest BCUT2D eigenvalue weighted by molar-refractivity contribution is -0.653. The van der Waals surface area contributed by atoms with Gasteiger partial charge in [0.25, 0.3) is 0 Å². The van der Waals surface area contributed by atoms with Crippen LogP contribution >= 0.6 is 0 Å². The van der Waals surface area contributed by atoms with Crippen molar-refractivity contribution in [2.24, 2.45) is 14.1 Å². The van der Waals surface area contributed by atoms with E-state index in [9.17, 15) is 9.59 Å². The molecule has 2 atom stereocenters. The molecule has 0 unspecified atom stereocenters. The van der Waals surface area contributed by atoms with Crippen LogP contribution in [0.15, 0.2) is 73.1 Å². The molecule has 0 aliphatic heterocycles. The summed E-state index contributed by atoms with van der Waals surface area (Å²) in [5, 5.41) is 0. The molecule has 1 aromatic heterocycles. The fraction of sp³-hybridized carbons (Fsp3) is 0.261. The third-order valence-corrected chi connectivity index (χ3v) is 5.96. The van der Waals surface area contributed by atoms with Crippen LogP contribution in [0.4, 0.5) is 0 Å². The van der Waals surface area contributed by atoms with E-state index in [1.54, 1.807) is 0 Å². The third kappa shape index (κ3) is 4.14. The second kappa shape index (κ2) is 8.83. The van der Waals surface area contributed by atoms with Crippen LogP contribution in [0.5, 0.6) is 0 Å². The maximum atomic E-state index is 13.6. The van der Waals surface area contributed by atoms with E-state index in [1.165, 1.54) is 0 Å². The number of hydrogen-bond donors (Lipinski definition) is 0. The van der Waals surface area contributed by atoms with Crippen molar-refractivity contribution in [1.29, 1.82) is 0 Å². The molecule has 144 valence electrons. The molecule has 0 spiro atoms. The number of carbonyl (C=O) groups is 2. The fourth-order valence-electron chi connectivity index (χ4n) is 4.29. The van der Waals surface area contributed by atoms with Crippen LogP contribution in [-0.2, 0) is 18.9 Å². The van der Waals surface area contributed by atoms with Crippen molar-refractivity contribution >= 4 is 24.6 Å². The summed E-state index contributed by atoms with van der Waals surface area (Å²) >= 11 is 0. The molecule has 0 bridgehead atoms. The molecule has 0 amide bonds. The molecule has 1 heterocycles. The first-order valence-electron chi connectivity index (χ1n) is 10.0. The monoisotopic (exact) mass is 374 g/mol. The molecule has 3 aromatic rings. The zero-order valence-electron chi connectivity index (χ0n) is 17.0. The Morgan fingerprint density at radius 1 is 1.04 bits per heavy atom. The van der Waals surface area contributed by atoms with E-state index in [1.807, 2.05) is 94.1 Å². The van der Waals surface area contributed by atoms with Gasteiger partial charge in [0, 0.05) is 17.9 Å². The van der Waals surface area contributed by atoms with Crippen LogP contribution in [0.2, 0.25) is 5.82 Å². The van der Waals surface area contributed by atoms with Gasteiger partial charge in [0.05, 0.1) is 19.8 Å². The van der Waals surface area contributed by atoms with Gasteiger partial charge in [-0.2, -0.15) is 0 Å². The maximum Gasteiger partial charge on any atom is 0.167 e. The highest BCUT2D eigenvalue weighted by Crippen LogP contribution is 2.33. The van der Waals surface area contributed by atoms with Gasteiger partial charge in [0.1, 0.15) is 25.5 Å². The number of hydrogen-bond acceptors (Lipinski definition) is 2. The highest BCUT2D eigenvalue weighted by atomic mass is 16.1. The predicted molar refractivity (Wildman–Crippen MR) is 114 cm³/mol. The van der Waals surface area contributed by atoms with Gasteiger partial charge in [0.15, 0.2) is 5.78 Å². The van der Waals surface area contributed by atoms with Crippen LogP contribution < -0.4 is 10.3 Å². The van der Waals surface area contributed by atoms with Crippen molar-refractivity contribution in [3.05, 3.63) is 84.2 Å². The minimum Gasteiger partial charge on any atom is -0.303 e. The molecule has 5 heteroatoms. The molecule has 4 nitrogen and oxygen atoms in total. The molecule has 3 rings (SSSR count). The van der Waals surface area contributed by atoms with Crippen molar-refractivity contribution in [2.75, 3.05) is 0 Å². The Morgan fingerprint density at radius 2 is 1.64 bits per heavy atom. The summed E-state index contributed by atoms with van der Waals surface area (Å²) in [5.41, 5.74) is 2.73. The van der Waals surface area contributed by atoms with Gasteiger partial charge in [-0.1, -0.05) is 73.4 Å². The molecule has 0 saturated carbocycles. The van der Waals surface area contributed by atoms with Crippen molar-refractivity contribution in [2.45, 2.75) is 25.1 Å². The molecular formula is C23H27BN2O2. The lowest BCUT2D eigenvalue weighted by Gasteiger charge is -2.29. The number of nitrogens with zero attached hydrogens (tertiary/aromatic N) is 2. The van der Waals surface area contributed by atoms with E-state index in [0.717, 1.165) is 11.3 Å². The first-order chi connectivity index (χ1) is 13.5. The molecule has 28 heavy (non-hydrogen) atoms. The lowest BCUT2D eigenvalue weighted by atomic mass is 9.54. The number of carbonyl (C=O) groups excluding carboxylic acids is 2. The van der Waals surface area contributed by atoms with E-state index in [2.05, 4.69) is 9.13 Å². The number of imidazole rings is 1. The molecule has 0 saturated heterocycles. The van der Waals surface area contributed by atoms with Gasteiger partial charge in [-0.05, 0) is 5.56 Å². The van der Waals surface area contributed by atoms with Gasteiger partial charge >= 0.3 is 0 Å². The zero-order chi connectivity index (χ0) is 20.1. The normalized spacial score (nSPS) is 13.1. The van der Waals surface area contributed by atoms with E-state index in [-0.39, 0.29) is 17.4 Å². The Bertz CT molecular complexity index is 932. The maximum absolute atomic E-state index is 13.6. The topological polar surface area (TPSA) is 43.0 Å². The van der Waals surface area contributed by atoms with Crippen molar-refractivity contribution in [3.8, 4) is 0 Å². The van der Waals surface area contributed by atoms with Crippen LogP contribution in [0, 0.1) is 0 Å². The van der Waals surface area contributed by atoms with Crippen molar-refractivity contribution in [3.63, 3.8) is 0 Å². The Morgan fingerprint density at radius 3 is 2.18 bits per heavy atom. The summed E-state index contributed by atoms with van der Waals surface area (Å²) in [7, 11) is 3.11. The highest BCUT2D eigenvalue weighted by molar-refractivity contribution is 6.57. The fourth-order valence-corrected chi connectivity index (χ4v) is 4.29. The summed E-state index contributed by atoms with van der Waals surface area (Å²) < 4.78 is 4.15. The standard InChI is InChI=1S/C23H27BN2O2/c1-4-19(27)21(24-23-25(2)15-16-26(23)3)20(17-11-7-5-8-12-17)22(28)18-13-9-6-10-14-18/h5-16,20-21H,4,24H2,1-3H3/t20-,21+/m0/s1. The summed E-state index contributed by atoms with van der Waals surface area (Å²) in [6, 6.07) is 19.1. The highest BCUT2D eigenvalue weighted by Gasteiger charge is 2.32. The number of ketones is 2. The minimum atomic E-state index is -0.898. The number of benzene rings is 2. The second-order valence-electron chi connectivity index (χ2n) is 7.58. The summed E-state index contributed by atoms with van der Waals surface area (Å²) in [4.78, 5) is 26.6. The Balaban J connectivity index is 2.09. The predicted octanol–water partition coefficient (Wildman–Crippen LogP) is 2.08. The van der Waals surface area contributed by atoms with Gasteiger partial charge in [0.2, 0.25) is 0 Å². The first-order valence-corrected chi connectivity index (χ1v) is 10.0. The lowest BCUT2D eigenvalue weighted by Crippen LogP contribution is -2.52. The molecule has 2 aromatic carbocycles. The van der Waals surface area contributed by atoms with Gasteiger partial charge in [-0.15, -0.1) is 0 Å². The molecule has 0 N–H and O–H groups in total. The van der Waals surface area contributed by atoms with Gasteiger partial charge in [-0.25, -0.2) is 0 Å². The number of aromatic nitrogens is 2. The second-order valence-corrected chi connectivity index (χ2v) is 7.58. The Labute approximate surface area is 167 Å². The summed E-state index contributed by atoms with van der Waals surface area (Å²) in [6.45, 7) is 1.89. The van der Waals surface area contributed by atoms with E-state index >= 15 is 0 Å². The quantitative estimate of drug-likeness (QED) is 0.344. The smallest absolute Gasteiger partial charge is 0.167 e.